The Hall–Kier alpha value is -0.890. The fourth-order valence-electron chi connectivity index (χ4n) is 1.30. The molecule has 0 bridgehead atoms. The van der Waals surface area contributed by atoms with Crippen molar-refractivity contribution in [3.8, 4) is 0 Å². The van der Waals surface area contributed by atoms with Crippen LogP contribution < -0.4 is 0 Å². The first kappa shape index (κ1) is 9.20. The van der Waals surface area contributed by atoms with Gasteiger partial charge in [0.1, 0.15) is 0 Å². The second-order valence-electron chi connectivity index (χ2n) is 3.63. The largest absolute Gasteiger partial charge is 0.386 e. The summed E-state index contributed by atoms with van der Waals surface area (Å²) >= 11 is 0. The summed E-state index contributed by atoms with van der Waals surface area (Å²) in [5.41, 5.74) is 2.24. The summed E-state index contributed by atoms with van der Waals surface area (Å²) in [6, 6.07) is 1.86. The van der Waals surface area contributed by atoms with Crippen molar-refractivity contribution >= 4 is 0 Å². The zero-order valence-electron chi connectivity index (χ0n) is 8.05. The lowest BCUT2D eigenvalue weighted by atomic mass is 9.94. The molecule has 0 spiro atoms. The molecule has 0 saturated heterocycles. The van der Waals surface area contributed by atoms with Crippen LogP contribution in [0.25, 0.3) is 0 Å². The molecule has 0 unspecified atom stereocenters. The van der Waals surface area contributed by atoms with Crippen LogP contribution in [0.3, 0.4) is 0 Å². The van der Waals surface area contributed by atoms with Gasteiger partial charge < -0.3 is 5.11 Å². The predicted octanol–water partition coefficient (Wildman–Crippen LogP) is 1.93. The minimum Gasteiger partial charge on any atom is -0.386 e. The van der Waals surface area contributed by atoms with Crippen LogP contribution in [0.5, 0.6) is 0 Å². The summed E-state index contributed by atoms with van der Waals surface area (Å²) in [6.45, 7) is 7.50. The molecule has 0 aliphatic carbocycles. The maximum atomic E-state index is 9.77. The van der Waals surface area contributed by atoms with Gasteiger partial charge in [0.05, 0.1) is 5.60 Å². The first-order chi connectivity index (χ1) is 5.43. The summed E-state index contributed by atoms with van der Waals surface area (Å²) < 4.78 is 0. The summed E-state index contributed by atoms with van der Waals surface area (Å²) in [7, 11) is 0. The van der Waals surface area contributed by atoms with E-state index in [4.69, 9.17) is 0 Å². The number of aryl methyl sites for hydroxylation is 1. The van der Waals surface area contributed by atoms with Crippen LogP contribution in [0.2, 0.25) is 0 Å². The third-order valence-corrected chi connectivity index (χ3v) is 2.12. The Morgan fingerprint density at radius 3 is 2.33 bits per heavy atom. The van der Waals surface area contributed by atoms with E-state index in [1.807, 2.05) is 19.9 Å². The van der Waals surface area contributed by atoms with Crippen LogP contribution in [0, 0.1) is 13.8 Å². The Balaban J connectivity index is 3.26. The van der Waals surface area contributed by atoms with Gasteiger partial charge in [-0.15, -0.1) is 0 Å². The lowest BCUT2D eigenvalue weighted by molar-refractivity contribution is 0.0777. The third kappa shape index (κ3) is 1.64. The lowest BCUT2D eigenvalue weighted by Gasteiger charge is -2.20. The molecule has 0 amide bonds. The second kappa shape index (κ2) is 2.87. The van der Waals surface area contributed by atoms with Crippen molar-refractivity contribution in [2.75, 3.05) is 0 Å². The van der Waals surface area contributed by atoms with Gasteiger partial charge in [0, 0.05) is 11.9 Å². The van der Waals surface area contributed by atoms with Crippen LogP contribution in [0.1, 0.15) is 30.7 Å². The topological polar surface area (TPSA) is 33.1 Å². The molecular formula is C10H15NO. The minimum absolute atomic E-state index is 0.766. The first-order valence-electron chi connectivity index (χ1n) is 4.08. The van der Waals surface area contributed by atoms with E-state index < -0.39 is 5.60 Å². The van der Waals surface area contributed by atoms with Gasteiger partial charge in [0.2, 0.25) is 0 Å². The molecule has 2 heteroatoms. The van der Waals surface area contributed by atoms with Gasteiger partial charge >= 0.3 is 0 Å². The molecule has 0 aliphatic rings. The minimum atomic E-state index is -0.766. The van der Waals surface area contributed by atoms with Crippen LogP contribution in [0.15, 0.2) is 12.3 Å². The van der Waals surface area contributed by atoms with E-state index in [9.17, 15) is 5.11 Å². The Labute approximate surface area is 73.3 Å². The quantitative estimate of drug-likeness (QED) is 0.689. The molecule has 66 valence electrons. The highest BCUT2D eigenvalue weighted by molar-refractivity contribution is 5.31. The molecule has 1 heterocycles. The van der Waals surface area contributed by atoms with Crippen molar-refractivity contribution in [3.05, 3.63) is 29.1 Å². The van der Waals surface area contributed by atoms with Crippen molar-refractivity contribution in [2.24, 2.45) is 0 Å². The Morgan fingerprint density at radius 2 is 1.92 bits per heavy atom. The molecule has 0 radical (unpaired) electrons. The number of hydrogen-bond acceptors (Lipinski definition) is 2. The van der Waals surface area contributed by atoms with E-state index in [1.54, 1.807) is 20.0 Å². The second-order valence-corrected chi connectivity index (χ2v) is 3.63. The van der Waals surface area contributed by atoms with Gasteiger partial charge in [-0.05, 0) is 44.9 Å². The fourth-order valence-corrected chi connectivity index (χ4v) is 1.30. The predicted molar refractivity (Wildman–Crippen MR) is 49.0 cm³/mol. The molecule has 0 fully saturated rings. The van der Waals surface area contributed by atoms with Gasteiger partial charge in [-0.25, -0.2) is 0 Å². The number of hydrogen-bond donors (Lipinski definition) is 1. The molecule has 1 aromatic heterocycles. The van der Waals surface area contributed by atoms with Crippen molar-refractivity contribution < 1.29 is 5.11 Å². The van der Waals surface area contributed by atoms with Gasteiger partial charge in [0.25, 0.3) is 0 Å². The fraction of sp³-hybridized carbons (Fsp3) is 0.500. The zero-order chi connectivity index (χ0) is 9.35. The van der Waals surface area contributed by atoms with E-state index >= 15 is 0 Å². The summed E-state index contributed by atoms with van der Waals surface area (Å²) in [5, 5.41) is 9.77. The molecule has 0 aliphatic heterocycles. The molecular weight excluding hydrogens is 150 g/mol. The molecule has 0 aromatic carbocycles. The highest BCUT2D eigenvalue weighted by atomic mass is 16.3. The molecule has 0 atom stereocenters. The van der Waals surface area contributed by atoms with Gasteiger partial charge in [-0.1, -0.05) is 0 Å². The monoisotopic (exact) mass is 165 g/mol. The van der Waals surface area contributed by atoms with Crippen LogP contribution in [-0.2, 0) is 5.60 Å². The number of aliphatic hydroxyl groups is 1. The SMILES string of the molecule is Cc1nccc(C(C)(C)O)c1C. The molecule has 2 nitrogen and oxygen atoms in total. The van der Waals surface area contributed by atoms with E-state index in [1.165, 1.54) is 0 Å². The van der Waals surface area contributed by atoms with Crippen molar-refractivity contribution in [2.45, 2.75) is 33.3 Å². The lowest BCUT2D eigenvalue weighted by Crippen LogP contribution is -2.17. The first-order valence-corrected chi connectivity index (χ1v) is 4.08. The smallest absolute Gasteiger partial charge is 0.0844 e. The molecule has 12 heavy (non-hydrogen) atoms. The molecule has 1 N–H and O–H groups in total. The Kier molecular flexibility index (Phi) is 2.20. The van der Waals surface area contributed by atoms with Gasteiger partial charge in [0.15, 0.2) is 0 Å². The standard InChI is InChI=1S/C10H15NO/c1-7-8(2)11-6-5-9(7)10(3,4)12/h5-6,12H,1-4H3. The number of nitrogens with zero attached hydrogens (tertiary/aromatic N) is 1. The van der Waals surface area contributed by atoms with Gasteiger partial charge in [-0.3, -0.25) is 4.98 Å². The van der Waals surface area contributed by atoms with Crippen molar-refractivity contribution in [3.63, 3.8) is 0 Å². The van der Waals surface area contributed by atoms with Crippen LogP contribution in [0.4, 0.5) is 0 Å². The Morgan fingerprint density at radius 1 is 1.33 bits per heavy atom. The molecule has 1 aromatic rings. The van der Waals surface area contributed by atoms with Crippen molar-refractivity contribution in [1.82, 2.24) is 4.98 Å². The molecule has 1 rings (SSSR count). The molecule has 0 saturated carbocycles. The number of rotatable bonds is 1. The van der Waals surface area contributed by atoms with E-state index in [2.05, 4.69) is 4.98 Å². The van der Waals surface area contributed by atoms with E-state index in [0.717, 1.165) is 16.8 Å². The van der Waals surface area contributed by atoms with Crippen LogP contribution >= 0.6 is 0 Å². The van der Waals surface area contributed by atoms with E-state index in [-0.39, 0.29) is 0 Å². The number of aromatic nitrogens is 1. The highest BCUT2D eigenvalue weighted by Gasteiger charge is 2.18. The number of pyridine rings is 1. The zero-order valence-corrected chi connectivity index (χ0v) is 8.05. The maximum Gasteiger partial charge on any atom is 0.0844 e. The average Bonchev–Trinajstić information content (AvgIpc) is 1.92. The normalized spacial score (nSPS) is 11.8. The highest BCUT2D eigenvalue weighted by Crippen LogP contribution is 2.23. The summed E-state index contributed by atoms with van der Waals surface area (Å²) in [4.78, 5) is 4.14. The van der Waals surface area contributed by atoms with Gasteiger partial charge in [-0.2, -0.15) is 0 Å². The average molecular weight is 165 g/mol. The van der Waals surface area contributed by atoms with Crippen LogP contribution in [-0.4, -0.2) is 10.1 Å². The Bertz CT molecular complexity index is 286. The maximum absolute atomic E-state index is 9.77. The summed E-state index contributed by atoms with van der Waals surface area (Å²) in [6.07, 6.45) is 1.73. The third-order valence-electron chi connectivity index (χ3n) is 2.12. The van der Waals surface area contributed by atoms with E-state index in [0.29, 0.717) is 0 Å². The van der Waals surface area contributed by atoms with Crippen molar-refractivity contribution in [1.29, 1.82) is 0 Å². The summed E-state index contributed by atoms with van der Waals surface area (Å²) in [5.74, 6) is 0.